The predicted octanol–water partition coefficient (Wildman–Crippen LogP) is 3.88. The lowest BCUT2D eigenvalue weighted by molar-refractivity contribution is 0.102. The second-order valence-electron chi connectivity index (χ2n) is 5.24. The van der Waals surface area contributed by atoms with Crippen molar-refractivity contribution in [3.63, 3.8) is 0 Å². The molecular formula is C13H15ClN4O2S2. The zero-order chi connectivity index (χ0) is 15.7. The highest BCUT2D eigenvalue weighted by Crippen LogP contribution is 2.33. The summed E-state index contributed by atoms with van der Waals surface area (Å²) in [4.78, 5) is 17.3. The highest BCUT2D eigenvalue weighted by Gasteiger charge is 2.24. The van der Waals surface area contributed by atoms with Crippen LogP contribution in [0.5, 0.6) is 0 Å². The van der Waals surface area contributed by atoms with Gasteiger partial charge in [0.2, 0.25) is 5.13 Å². The van der Waals surface area contributed by atoms with Gasteiger partial charge in [-0.3, -0.25) is 10.1 Å². The molecule has 118 valence electrons. The average Bonchev–Trinajstić information content (AvgIpc) is 3.16. The van der Waals surface area contributed by atoms with Gasteiger partial charge < -0.3 is 4.74 Å². The van der Waals surface area contributed by atoms with Gasteiger partial charge in [-0.05, 0) is 18.8 Å². The van der Waals surface area contributed by atoms with Crippen LogP contribution >= 0.6 is 34.3 Å². The molecular weight excluding hydrogens is 344 g/mol. The average molecular weight is 359 g/mol. The van der Waals surface area contributed by atoms with Gasteiger partial charge in [0.15, 0.2) is 4.47 Å². The highest BCUT2D eigenvalue weighted by molar-refractivity contribution is 7.16. The largest absolute Gasteiger partial charge is 0.371 e. The van der Waals surface area contributed by atoms with Crippen LogP contribution in [0, 0.1) is 0 Å². The van der Waals surface area contributed by atoms with Gasteiger partial charge in [0.25, 0.3) is 5.91 Å². The Morgan fingerprint density at radius 3 is 2.91 bits per heavy atom. The molecule has 1 unspecified atom stereocenters. The van der Waals surface area contributed by atoms with Gasteiger partial charge in [0, 0.05) is 11.5 Å². The Kier molecular flexibility index (Phi) is 4.72. The second-order valence-corrected chi connectivity index (χ2v) is 7.86. The maximum Gasteiger partial charge on any atom is 0.277 e. The molecule has 0 bridgehead atoms. The summed E-state index contributed by atoms with van der Waals surface area (Å²) in [7, 11) is 0. The first-order valence-corrected chi connectivity index (χ1v) is 8.98. The fourth-order valence-corrected chi connectivity index (χ4v) is 4.15. The van der Waals surface area contributed by atoms with E-state index in [9.17, 15) is 4.79 Å². The van der Waals surface area contributed by atoms with E-state index in [-0.39, 0.29) is 17.9 Å². The van der Waals surface area contributed by atoms with Crippen LogP contribution in [-0.2, 0) is 4.74 Å². The minimum atomic E-state index is -0.304. The SMILES string of the molecule is CC(C)c1sc(Cl)nc1C(=O)Nc1nnc(C2CCCO2)s1. The third-order valence-electron chi connectivity index (χ3n) is 3.23. The first-order valence-electron chi connectivity index (χ1n) is 6.97. The quantitative estimate of drug-likeness (QED) is 0.897. The van der Waals surface area contributed by atoms with E-state index in [1.807, 2.05) is 13.8 Å². The van der Waals surface area contributed by atoms with Crippen LogP contribution in [0.3, 0.4) is 0 Å². The van der Waals surface area contributed by atoms with Gasteiger partial charge in [-0.2, -0.15) is 0 Å². The van der Waals surface area contributed by atoms with Gasteiger partial charge >= 0.3 is 0 Å². The molecule has 6 nitrogen and oxygen atoms in total. The number of rotatable bonds is 4. The van der Waals surface area contributed by atoms with Crippen LogP contribution in [0.15, 0.2) is 0 Å². The zero-order valence-electron chi connectivity index (χ0n) is 12.1. The molecule has 1 aliphatic heterocycles. The minimum Gasteiger partial charge on any atom is -0.371 e. The summed E-state index contributed by atoms with van der Waals surface area (Å²) < 4.78 is 5.93. The third-order valence-corrected chi connectivity index (χ3v) is 5.62. The number of carbonyl (C=O) groups excluding carboxylic acids is 1. The van der Waals surface area contributed by atoms with Gasteiger partial charge in [-0.15, -0.1) is 21.5 Å². The Labute approximate surface area is 140 Å². The molecule has 0 aliphatic carbocycles. The van der Waals surface area contributed by atoms with E-state index in [2.05, 4.69) is 20.5 Å². The standard InChI is InChI=1S/C13H15ClN4O2S2/c1-6(2)9-8(15-12(14)21-9)10(19)16-13-18-17-11(22-13)7-4-3-5-20-7/h6-7H,3-5H2,1-2H3,(H,16,18,19). The number of hydrogen-bond acceptors (Lipinski definition) is 7. The topological polar surface area (TPSA) is 77.0 Å². The summed E-state index contributed by atoms with van der Waals surface area (Å²) in [5.41, 5.74) is 0.360. The predicted molar refractivity (Wildman–Crippen MR) is 87.0 cm³/mol. The molecule has 1 aliphatic rings. The molecule has 9 heteroatoms. The second kappa shape index (κ2) is 6.57. The van der Waals surface area contributed by atoms with Crippen LogP contribution in [0.25, 0.3) is 0 Å². The van der Waals surface area contributed by atoms with E-state index in [0.29, 0.717) is 15.3 Å². The molecule has 1 atom stereocenters. The van der Waals surface area contributed by atoms with E-state index >= 15 is 0 Å². The lowest BCUT2D eigenvalue weighted by Gasteiger charge is -2.04. The van der Waals surface area contributed by atoms with Gasteiger partial charge in [0.1, 0.15) is 16.8 Å². The fourth-order valence-electron chi connectivity index (χ4n) is 2.20. The van der Waals surface area contributed by atoms with Crippen molar-refractivity contribution in [3.8, 4) is 0 Å². The van der Waals surface area contributed by atoms with E-state index in [1.165, 1.54) is 22.7 Å². The summed E-state index contributed by atoms with van der Waals surface area (Å²) in [6.45, 7) is 4.75. The lowest BCUT2D eigenvalue weighted by Crippen LogP contribution is -2.14. The monoisotopic (exact) mass is 358 g/mol. The minimum absolute atomic E-state index is 0.00286. The molecule has 0 spiro atoms. The molecule has 22 heavy (non-hydrogen) atoms. The number of amides is 1. The molecule has 2 aromatic heterocycles. The van der Waals surface area contributed by atoms with Gasteiger partial charge in [-0.25, -0.2) is 4.98 Å². The van der Waals surface area contributed by atoms with Crippen molar-refractivity contribution in [2.75, 3.05) is 11.9 Å². The van der Waals surface area contributed by atoms with Crippen LogP contribution < -0.4 is 5.32 Å². The molecule has 2 aromatic rings. The van der Waals surface area contributed by atoms with Crippen molar-refractivity contribution in [2.45, 2.75) is 38.7 Å². The van der Waals surface area contributed by atoms with Crippen molar-refractivity contribution < 1.29 is 9.53 Å². The van der Waals surface area contributed by atoms with E-state index in [0.717, 1.165) is 29.3 Å². The molecule has 1 N–H and O–H groups in total. The zero-order valence-corrected chi connectivity index (χ0v) is 14.5. The van der Waals surface area contributed by atoms with E-state index < -0.39 is 0 Å². The Balaban J connectivity index is 1.74. The number of ether oxygens (including phenoxy) is 1. The number of carbonyl (C=O) groups is 1. The van der Waals surface area contributed by atoms with Crippen molar-refractivity contribution in [2.24, 2.45) is 0 Å². The number of nitrogens with one attached hydrogen (secondary N) is 1. The maximum absolute atomic E-state index is 12.4. The fraction of sp³-hybridized carbons (Fsp3) is 0.538. The number of anilines is 1. The molecule has 1 saturated heterocycles. The molecule has 0 aromatic carbocycles. The number of hydrogen-bond donors (Lipinski definition) is 1. The van der Waals surface area contributed by atoms with Crippen molar-refractivity contribution in [1.82, 2.24) is 15.2 Å². The number of nitrogens with zero attached hydrogens (tertiary/aromatic N) is 3. The first kappa shape index (κ1) is 15.8. The summed E-state index contributed by atoms with van der Waals surface area (Å²) in [5.74, 6) is -0.121. The summed E-state index contributed by atoms with van der Waals surface area (Å²) in [6, 6.07) is 0. The normalized spacial score (nSPS) is 18.1. The van der Waals surface area contributed by atoms with Crippen molar-refractivity contribution in [1.29, 1.82) is 0 Å². The van der Waals surface area contributed by atoms with Crippen LogP contribution in [0.1, 0.15) is 59.1 Å². The Hall–Kier alpha value is -1.09. The maximum atomic E-state index is 12.4. The summed E-state index contributed by atoms with van der Waals surface area (Å²) in [6.07, 6.45) is 1.98. The number of halogens is 1. The Morgan fingerprint density at radius 1 is 1.41 bits per heavy atom. The molecule has 3 rings (SSSR count). The molecule has 1 fully saturated rings. The number of aromatic nitrogens is 3. The highest BCUT2D eigenvalue weighted by atomic mass is 35.5. The third kappa shape index (κ3) is 3.29. The Morgan fingerprint density at radius 2 is 2.23 bits per heavy atom. The van der Waals surface area contributed by atoms with E-state index in [4.69, 9.17) is 16.3 Å². The summed E-state index contributed by atoms with van der Waals surface area (Å²) >= 11 is 8.60. The van der Waals surface area contributed by atoms with Gasteiger partial charge in [0.05, 0.1) is 0 Å². The molecule has 0 radical (unpaired) electrons. The Bertz CT molecular complexity index is 679. The van der Waals surface area contributed by atoms with Crippen molar-refractivity contribution in [3.05, 3.63) is 20.0 Å². The van der Waals surface area contributed by atoms with E-state index in [1.54, 1.807) is 0 Å². The van der Waals surface area contributed by atoms with Crippen LogP contribution in [0.2, 0.25) is 4.47 Å². The smallest absolute Gasteiger partial charge is 0.277 e. The summed E-state index contributed by atoms with van der Waals surface area (Å²) in [5, 5.41) is 12.1. The first-order chi connectivity index (χ1) is 10.5. The van der Waals surface area contributed by atoms with Crippen molar-refractivity contribution >= 4 is 45.3 Å². The molecule has 0 saturated carbocycles. The van der Waals surface area contributed by atoms with Crippen LogP contribution in [-0.4, -0.2) is 27.7 Å². The molecule has 1 amide bonds. The van der Waals surface area contributed by atoms with Crippen LogP contribution in [0.4, 0.5) is 5.13 Å². The molecule has 3 heterocycles. The number of thiazole rings is 1. The van der Waals surface area contributed by atoms with Gasteiger partial charge in [-0.1, -0.05) is 36.8 Å². The lowest BCUT2D eigenvalue weighted by atomic mass is 10.1.